The third-order valence-electron chi connectivity index (χ3n) is 5.97. The zero-order valence-electron chi connectivity index (χ0n) is 20.6. The molecule has 7 nitrogen and oxygen atoms in total. The molecule has 2 aromatic carbocycles. The minimum Gasteiger partial charge on any atom is -0.493 e. The van der Waals surface area contributed by atoms with E-state index in [4.69, 9.17) is 19.3 Å². The van der Waals surface area contributed by atoms with E-state index in [0.717, 1.165) is 63.4 Å². The van der Waals surface area contributed by atoms with Crippen LogP contribution in [0.2, 0.25) is 0 Å². The number of carboxylic acids is 1. The number of ether oxygens (including phenoxy) is 3. The Morgan fingerprint density at radius 2 is 1.49 bits per heavy atom. The first-order valence-electron chi connectivity index (χ1n) is 11.7. The van der Waals surface area contributed by atoms with E-state index in [1.54, 1.807) is 14.2 Å². The monoisotopic (exact) mass is 528 g/mol. The highest BCUT2D eigenvalue weighted by Crippen LogP contribution is 2.40. The molecule has 0 bridgehead atoms. The number of piperazine rings is 1. The molecule has 1 aliphatic rings. The molecule has 9 heteroatoms. The maximum atomic E-state index is 10.7. The average molecular weight is 530 g/mol. The Bertz CT molecular complexity index is 878. The highest BCUT2D eigenvalue weighted by molar-refractivity contribution is 5.85. The number of carbonyl (C=O) groups is 1. The van der Waals surface area contributed by atoms with E-state index in [-0.39, 0.29) is 31.2 Å². The van der Waals surface area contributed by atoms with Crippen LogP contribution in [0, 0.1) is 0 Å². The summed E-state index contributed by atoms with van der Waals surface area (Å²) in [6.45, 7) is 6.34. The predicted octanol–water partition coefficient (Wildman–Crippen LogP) is 4.89. The molecule has 196 valence electrons. The van der Waals surface area contributed by atoms with E-state index in [9.17, 15) is 4.79 Å². The van der Waals surface area contributed by atoms with Crippen LogP contribution in [0.25, 0.3) is 0 Å². The summed E-state index contributed by atoms with van der Waals surface area (Å²) in [7, 11) is 3.25. The van der Waals surface area contributed by atoms with Gasteiger partial charge in [-0.3, -0.25) is 14.6 Å². The van der Waals surface area contributed by atoms with Gasteiger partial charge in [0.15, 0.2) is 11.5 Å². The van der Waals surface area contributed by atoms with Crippen molar-refractivity contribution in [3.63, 3.8) is 0 Å². The van der Waals surface area contributed by atoms with Crippen molar-refractivity contribution >= 4 is 30.8 Å². The summed E-state index contributed by atoms with van der Waals surface area (Å²) in [5.41, 5.74) is 2.43. The van der Waals surface area contributed by atoms with Crippen LogP contribution in [0.1, 0.15) is 36.8 Å². The fourth-order valence-corrected chi connectivity index (χ4v) is 4.14. The van der Waals surface area contributed by atoms with Gasteiger partial charge in [-0.15, -0.1) is 24.8 Å². The summed E-state index contributed by atoms with van der Waals surface area (Å²) >= 11 is 0. The van der Waals surface area contributed by atoms with E-state index in [1.807, 2.05) is 6.07 Å². The van der Waals surface area contributed by atoms with Crippen LogP contribution in [0.15, 0.2) is 42.5 Å². The third-order valence-corrected chi connectivity index (χ3v) is 5.97. The first kappa shape index (κ1) is 30.8. The van der Waals surface area contributed by atoms with E-state index in [1.165, 1.54) is 5.56 Å². The molecule has 1 aliphatic heterocycles. The van der Waals surface area contributed by atoms with Gasteiger partial charge >= 0.3 is 5.97 Å². The summed E-state index contributed by atoms with van der Waals surface area (Å²) in [5, 5.41) is 8.79. The van der Waals surface area contributed by atoms with Gasteiger partial charge in [0, 0.05) is 51.3 Å². The second-order valence-corrected chi connectivity index (χ2v) is 8.38. The molecule has 1 saturated heterocycles. The van der Waals surface area contributed by atoms with Crippen molar-refractivity contribution in [2.75, 3.05) is 47.0 Å². The molecule has 0 aliphatic carbocycles. The minimum atomic E-state index is -0.753. The topological polar surface area (TPSA) is 71.5 Å². The number of methoxy groups -OCH3 is 2. The van der Waals surface area contributed by atoms with Gasteiger partial charge in [0.1, 0.15) is 0 Å². The Morgan fingerprint density at radius 1 is 0.829 bits per heavy atom. The lowest BCUT2D eigenvalue weighted by atomic mass is 10.1. The number of carboxylic acid groups (broad SMARTS) is 1. The van der Waals surface area contributed by atoms with Crippen molar-refractivity contribution in [3.05, 3.63) is 53.6 Å². The third kappa shape index (κ3) is 9.76. The second-order valence-electron chi connectivity index (χ2n) is 8.38. The van der Waals surface area contributed by atoms with Crippen molar-refractivity contribution in [2.45, 2.75) is 38.8 Å². The Kier molecular flexibility index (Phi) is 14.5. The maximum Gasteiger partial charge on any atom is 0.303 e. The van der Waals surface area contributed by atoms with Crippen molar-refractivity contribution in [3.8, 4) is 17.2 Å². The van der Waals surface area contributed by atoms with Crippen molar-refractivity contribution in [1.82, 2.24) is 9.80 Å². The molecule has 1 heterocycles. The van der Waals surface area contributed by atoms with Gasteiger partial charge in [0.2, 0.25) is 5.75 Å². The molecular formula is C26H38Cl2N2O5. The Labute approximate surface area is 221 Å². The molecule has 1 N–H and O–H groups in total. The van der Waals surface area contributed by atoms with Crippen molar-refractivity contribution in [1.29, 1.82) is 0 Å². The smallest absolute Gasteiger partial charge is 0.303 e. The maximum absolute atomic E-state index is 10.7. The molecule has 0 radical (unpaired) electrons. The molecule has 0 aromatic heterocycles. The molecule has 2 aromatic rings. The van der Waals surface area contributed by atoms with Crippen molar-refractivity contribution < 1.29 is 24.1 Å². The van der Waals surface area contributed by atoms with Crippen LogP contribution in [0.4, 0.5) is 0 Å². The van der Waals surface area contributed by atoms with Crippen LogP contribution in [0.3, 0.4) is 0 Å². The van der Waals surface area contributed by atoms with Gasteiger partial charge in [0.05, 0.1) is 20.8 Å². The number of halogens is 2. The van der Waals surface area contributed by atoms with E-state index in [0.29, 0.717) is 24.5 Å². The van der Waals surface area contributed by atoms with Crippen LogP contribution in [-0.4, -0.2) is 67.9 Å². The standard InChI is InChI=1S/C26H36N2O5.2ClH/c1-31-23-13-12-22(25(26(23)32-2)33-18-8-4-7-11-24(29)30)20-28-16-14-27(15-17-28)19-21-9-5-3-6-10-21;;/h3,5-6,9-10,12-13H,4,7-8,11,14-20H2,1-2H3,(H,29,30);2*1H. The lowest BCUT2D eigenvalue weighted by molar-refractivity contribution is -0.137. The average Bonchev–Trinajstić information content (AvgIpc) is 2.83. The van der Waals surface area contributed by atoms with E-state index >= 15 is 0 Å². The molecule has 0 spiro atoms. The summed E-state index contributed by atoms with van der Waals surface area (Å²) in [6, 6.07) is 14.6. The Balaban J connectivity index is 0.00000306. The van der Waals surface area contributed by atoms with Gasteiger partial charge in [-0.2, -0.15) is 0 Å². The number of hydrogen-bond acceptors (Lipinski definition) is 6. The number of benzene rings is 2. The summed E-state index contributed by atoms with van der Waals surface area (Å²) in [5.74, 6) is 1.23. The largest absolute Gasteiger partial charge is 0.493 e. The molecule has 1 fully saturated rings. The first-order chi connectivity index (χ1) is 16.1. The van der Waals surface area contributed by atoms with Crippen LogP contribution in [0.5, 0.6) is 17.2 Å². The summed E-state index contributed by atoms with van der Waals surface area (Å²) in [4.78, 5) is 15.6. The highest BCUT2D eigenvalue weighted by atomic mass is 35.5. The number of nitrogens with zero attached hydrogens (tertiary/aromatic N) is 2. The van der Waals surface area contributed by atoms with Gasteiger partial charge in [-0.05, 0) is 30.9 Å². The number of rotatable bonds is 13. The molecule has 3 rings (SSSR count). The Morgan fingerprint density at radius 3 is 2.09 bits per heavy atom. The lowest BCUT2D eigenvalue weighted by Crippen LogP contribution is -2.45. The van der Waals surface area contributed by atoms with E-state index < -0.39 is 5.97 Å². The van der Waals surface area contributed by atoms with Gasteiger partial charge in [-0.25, -0.2) is 0 Å². The summed E-state index contributed by atoms with van der Waals surface area (Å²) in [6.07, 6.45) is 2.47. The molecule has 0 atom stereocenters. The normalized spacial score (nSPS) is 13.9. The first-order valence-corrected chi connectivity index (χ1v) is 11.7. The number of aliphatic carboxylic acids is 1. The zero-order chi connectivity index (χ0) is 23.5. The predicted molar refractivity (Wildman–Crippen MR) is 143 cm³/mol. The molecule has 35 heavy (non-hydrogen) atoms. The fourth-order valence-electron chi connectivity index (χ4n) is 4.14. The summed E-state index contributed by atoms with van der Waals surface area (Å²) < 4.78 is 17.3. The molecule has 0 saturated carbocycles. The molecule has 0 unspecified atom stereocenters. The number of hydrogen-bond donors (Lipinski definition) is 1. The second kappa shape index (κ2) is 16.5. The Hall–Kier alpha value is -2.19. The van der Waals surface area contributed by atoms with Crippen molar-refractivity contribution in [2.24, 2.45) is 0 Å². The van der Waals surface area contributed by atoms with Crippen LogP contribution < -0.4 is 14.2 Å². The van der Waals surface area contributed by atoms with Gasteiger partial charge in [-0.1, -0.05) is 36.4 Å². The minimum absolute atomic E-state index is 0. The quantitative estimate of drug-likeness (QED) is 0.371. The molecule has 0 amide bonds. The van der Waals surface area contributed by atoms with Gasteiger partial charge < -0.3 is 19.3 Å². The highest BCUT2D eigenvalue weighted by Gasteiger charge is 2.22. The number of unbranched alkanes of at least 4 members (excludes halogenated alkanes) is 2. The SMILES string of the molecule is COc1ccc(CN2CCN(Cc3ccccc3)CC2)c(OCCCCCC(=O)O)c1OC.Cl.Cl. The van der Waals surface area contributed by atoms with Crippen LogP contribution in [-0.2, 0) is 17.9 Å². The van der Waals surface area contributed by atoms with E-state index in [2.05, 4.69) is 46.2 Å². The molecular weight excluding hydrogens is 491 g/mol. The lowest BCUT2D eigenvalue weighted by Gasteiger charge is -2.35. The zero-order valence-corrected chi connectivity index (χ0v) is 22.2. The van der Waals surface area contributed by atoms with Gasteiger partial charge in [0.25, 0.3) is 0 Å². The fraction of sp³-hybridized carbons (Fsp3) is 0.500. The van der Waals surface area contributed by atoms with Crippen LogP contribution >= 0.6 is 24.8 Å².